The zero-order valence-electron chi connectivity index (χ0n) is 17.1. The van der Waals surface area contributed by atoms with Gasteiger partial charge in [0.1, 0.15) is 6.04 Å². The van der Waals surface area contributed by atoms with Crippen LogP contribution in [0.1, 0.15) is 21.6 Å². The summed E-state index contributed by atoms with van der Waals surface area (Å²) in [7, 11) is 1.24. The van der Waals surface area contributed by atoms with Crippen molar-refractivity contribution in [2.24, 2.45) is 0 Å². The smallest absolute Gasteiger partial charge is 0.340 e. The van der Waals surface area contributed by atoms with Gasteiger partial charge in [-0.15, -0.1) is 0 Å². The number of rotatable bonds is 7. The molecule has 0 aliphatic carbocycles. The van der Waals surface area contributed by atoms with Crippen molar-refractivity contribution in [3.8, 4) is 0 Å². The van der Waals surface area contributed by atoms with Crippen LogP contribution in [0.2, 0.25) is 5.02 Å². The van der Waals surface area contributed by atoms with Gasteiger partial charge in [0.25, 0.3) is 5.91 Å². The van der Waals surface area contributed by atoms with E-state index in [1.807, 2.05) is 30.3 Å². The van der Waals surface area contributed by atoms with Gasteiger partial charge in [-0.3, -0.25) is 9.78 Å². The fourth-order valence-corrected chi connectivity index (χ4v) is 3.26. The third kappa shape index (κ3) is 5.79. The van der Waals surface area contributed by atoms with Gasteiger partial charge in [0, 0.05) is 16.8 Å². The third-order valence-electron chi connectivity index (χ3n) is 4.63. The summed E-state index contributed by atoms with van der Waals surface area (Å²) < 4.78 is 9.90. The van der Waals surface area contributed by atoms with Gasteiger partial charge >= 0.3 is 11.9 Å². The standard InChI is InChI=1S/C23H21ClN2O5/c1-14-18(12-16-11-17(24)8-9-19(16)25-14)22(28)31-13-21(27)26-20(23(29)30-2)10-15-6-4-3-5-7-15/h3-9,11-12,20H,10,13H2,1-2H3,(H,26,27). The second kappa shape index (κ2) is 10.0. The van der Waals surface area contributed by atoms with Crippen molar-refractivity contribution in [2.45, 2.75) is 19.4 Å². The van der Waals surface area contributed by atoms with Crippen molar-refractivity contribution < 1.29 is 23.9 Å². The predicted octanol–water partition coefficient (Wildman–Crippen LogP) is 3.25. The van der Waals surface area contributed by atoms with Gasteiger partial charge in [-0.05, 0) is 36.8 Å². The number of nitrogens with one attached hydrogen (secondary N) is 1. The van der Waals surface area contributed by atoms with E-state index in [9.17, 15) is 14.4 Å². The molecule has 0 aliphatic rings. The van der Waals surface area contributed by atoms with E-state index < -0.39 is 30.5 Å². The summed E-state index contributed by atoms with van der Waals surface area (Å²) in [6, 6.07) is 15.1. The molecular weight excluding hydrogens is 420 g/mol. The second-order valence-electron chi connectivity index (χ2n) is 6.87. The summed E-state index contributed by atoms with van der Waals surface area (Å²) >= 11 is 6.00. The summed E-state index contributed by atoms with van der Waals surface area (Å²) in [6.07, 6.45) is 0.252. The molecule has 0 spiro atoms. The Balaban J connectivity index is 1.65. The number of hydrogen-bond donors (Lipinski definition) is 1. The van der Waals surface area contributed by atoms with Crippen LogP contribution in [0.25, 0.3) is 10.9 Å². The van der Waals surface area contributed by atoms with Gasteiger partial charge in [-0.2, -0.15) is 0 Å². The highest BCUT2D eigenvalue weighted by atomic mass is 35.5. The zero-order chi connectivity index (χ0) is 22.4. The molecule has 0 bridgehead atoms. The van der Waals surface area contributed by atoms with Crippen molar-refractivity contribution in [1.82, 2.24) is 10.3 Å². The van der Waals surface area contributed by atoms with E-state index in [4.69, 9.17) is 21.1 Å². The number of carbonyl (C=O) groups is 3. The number of aryl methyl sites for hydroxylation is 1. The molecule has 8 heteroatoms. The van der Waals surface area contributed by atoms with Crippen LogP contribution in [-0.4, -0.2) is 42.6 Å². The summed E-state index contributed by atoms with van der Waals surface area (Å²) in [6.45, 7) is 1.13. The van der Waals surface area contributed by atoms with Crippen LogP contribution in [-0.2, 0) is 25.5 Å². The number of esters is 2. The minimum atomic E-state index is -0.898. The maximum absolute atomic E-state index is 12.5. The normalized spacial score (nSPS) is 11.6. The first-order chi connectivity index (χ1) is 14.9. The Hall–Kier alpha value is -3.45. The molecule has 1 amide bonds. The van der Waals surface area contributed by atoms with Crippen LogP contribution in [0.4, 0.5) is 0 Å². The van der Waals surface area contributed by atoms with Crippen LogP contribution in [0.15, 0.2) is 54.6 Å². The van der Waals surface area contributed by atoms with E-state index in [1.165, 1.54) is 7.11 Å². The van der Waals surface area contributed by atoms with Gasteiger partial charge in [0.2, 0.25) is 0 Å². The Morgan fingerprint density at radius 1 is 1.10 bits per heavy atom. The molecule has 0 saturated carbocycles. The van der Waals surface area contributed by atoms with Crippen molar-refractivity contribution >= 4 is 40.3 Å². The Bertz CT molecular complexity index is 1120. The van der Waals surface area contributed by atoms with Crippen LogP contribution in [0, 0.1) is 6.92 Å². The largest absolute Gasteiger partial charge is 0.467 e. The average molecular weight is 441 g/mol. The number of halogens is 1. The molecule has 1 unspecified atom stereocenters. The highest BCUT2D eigenvalue weighted by Crippen LogP contribution is 2.21. The second-order valence-corrected chi connectivity index (χ2v) is 7.30. The number of ether oxygens (including phenoxy) is 2. The average Bonchev–Trinajstić information content (AvgIpc) is 2.77. The van der Waals surface area contributed by atoms with E-state index >= 15 is 0 Å². The maximum Gasteiger partial charge on any atom is 0.340 e. The molecule has 0 saturated heterocycles. The van der Waals surface area contributed by atoms with Crippen molar-refractivity contribution in [2.75, 3.05) is 13.7 Å². The van der Waals surface area contributed by atoms with E-state index in [1.54, 1.807) is 31.2 Å². The van der Waals surface area contributed by atoms with E-state index in [2.05, 4.69) is 10.3 Å². The Kier molecular flexibility index (Phi) is 7.20. The minimum absolute atomic E-state index is 0.233. The molecule has 0 aliphatic heterocycles. The van der Waals surface area contributed by atoms with Gasteiger partial charge in [0.05, 0.1) is 23.9 Å². The summed E-state index contributed by atoms with van der Waals surface area (Å²) in [4.78, 5) is 41.2. The van der Waals surface area contributed by atoms with Crippen LogP contribution in [0.5, 0.6) is 0 Å². The highest BCUT2D eigenvalue weighted by molar-refractivity contribution is 6.31. The van der Waals surface area contributed by atoms with Crippen LogP contribution in [0.3, 0.4) is 0 Å². The number of pyridine rings is 1. The van der Waals surface area contributed by atoms with Crippen molar-refractivity contribution in [1.29, 1.82) is 0 Å². The number of aromatic nitrogens is 1. The number of benzene rings is 2. The number of methoxy groups -OCH3 is 1. The lowest BCUT2D eigenvalue weighted by molar-refractivity contribution is -0.145. The van der Waals surface area contributed by atoms with Gasteiger partial charge in [0.15, 0.2) is 6.61 Å². The summed E-state index contributed by atoms with van der Waals surface area (Å²) in [5.41, 5.74) is 2.25. The fourth-order valence-electron chi connectivity index (χ4n) is 3.08. The lowest BCUT2D eigenvalue weighted by Gasteiger charge is -2.16. The topological polar surface area (TPSA) is 94.6 Å². The first-order valence-electron chi connectivity index (χ1n) is 9.52. The van der Waals surface area contributed by atoms with Gasteiger partial charge < -0.3 is 14.8 Å². The maximum atomic E-state index is 12.5. The van der Waals surface area contributed by atoms with E-state index in [-0.39, 0.29) is 12.0 Å². The van der Waals surface area contributed by atoms with Crippen molar-refractivity contribution in [3.63, 3.8) is 0 Å². The Labute approximate surface area is 184 Å². The predicted molar refractivity (Wildman–Crippen MR) is 116 cm³/mol. The highest BCUT2D eigenvalue weighted by Gasteiger charge is 2.23. The number of fused-ring (bicyclic) bond motifs is 1. The SMILES string of the molecule is COC(=O)C(Cc1ccccc1)NC(=O)COC(=O)c1cc2cc(Cl)ccc2nc1C. The zero-order valence-corrected chi connectivity index (χ0v) is 17.8. The molecule has 1 atom stereocenters. The monoisotopic (exact) mass is 440 g/mol. The lowest BCUT2D eigenvalue weighted by atomic mass is 10.1. The molecule has 3 rings (SSSR count). The number of nitrogens with zero attached hydrogens (tertiary/aromatic N) is 1. The molecule has 31 heavy (non-hydrogen) atoms. The van der Waals surface area contributed by atoms with Gasteiger partial charge in [-0.25, -0.2) is 9.59 Å². The summed E-state index contributed by atoms with van der Waals surface area (Å²) in [5.74, 6) is -1.90. The molecular formula is C23H21ClN2O5. The molecule has 0 radical (unpaired) electrons. The Morgan fingerprint density at radius 3 is 2.55 bits per heavy atom. The van der Waals surface area contributed by atoms with E-state index in [0.29, 0.717) is 21.6 Å². The summed E-state index contributed by atoms with van der Waals surface area (Å²) in [5, 5.41) is 3.75. The Morgan fingerprint density at radius 2 is 1.84 bits per heavy atom. The molecule has 7 nitrogen and oxygen atoms in total. The molecule has 1 heterocycles. The molecule has 0 fully saturated rings. The number of hydrogen-bond acceptors (Lipinski definition) is 6. The molecule has 1 aromatic heterocycles. The molecule has 3 aromatic rings. The number of carbonyl (C=O) groups excluding carboxylic acids is 3. The van der Waals surface area contributed by atoms with E-state index in [0.717, 1.165) is 5.56 Å². The van der Waals surface area contributed by atoms with Crippen molar-refractivity contribution in [3.05, 3.63) is 76.4 Å². The minimum Gasteiger partial charge on any atom is -0.467 e. The number of amides is 1. The molecule has 160 valence electrons. The van der Waals surface area contributed by atoms with Crippen LogP contribution >= 0.6 is 11.6 Å². The first kappa shape index (κ1) is 22.2. The molecule has 2 aromatic carbocycles. The third-order valence-corrected chi connectivity index (χ3v) is 4.86. The quantitative estimate of drug-likeness (QED) is 0.567. The lowest BCUT2D eigenvalue weighted by Crippen LogP contribution is -2.44. The van der Waals surface area contributed by atoms with Gasteiger partial charge in [-0.1, -0.05) is 41.9 Å². The van der Waals surface area contributed by atoms with Crippen LogP contribution < -0.4 is 5.32 Å². The molecule has 1 N–H and O–H groups in total. The first-order valence-corrected chi connectivity index (χ1v) is 9.90. The fraction of sp³-hybridized carbons (Fsp3) is 0.217.